The summed E-state index contributed by atoms with van der Waals surface area (Å²) in [6.07, 6.45) is 3.84. The van der Waals surface area contributed by atoms with E-state index >= 15 is 0 Å². The largest absolute Gasteiger partial charge is 0.480 e. The molecule has 1 aliphatic rings. The number of carboxylic acids is 1. The molecule has 82 valence electrons. The molecule has 0 bridgehead atoms. The van der Waals surface area contributed by atoms with Gasteiger partial charge in [0.2, 0.25) is 0 Å². The minimum atomic E-state index is -1.15. The highest BCUT2D eigenvalue weighted by molar-refractivity contribution is 5.79. The summed E-state index contributed by atoms with van der Waals surface area (Å²) >= 11 is 0. The zero-order valence-electron chi connectivity index (χ0n) is 8.66. The first kappa shape index (κ1) is 11.5. The van der Waals surface area contributed by atoms with Crippen LogP contribution in [0, 0.1) is 5.92 Å². The third-order valence-electron chi connectivity index (χ3n) is 2.69. The molecule has 0 aliphatic heterocycles. The van der Waals surface area contributed by atoms with Crippen molar-refractivity contribution in [1.29, 1.82) is 0 Å². The molecule has 0 aromatic rings. The lowest BCUT2D eigenvalue weighted by Gasteiger charge is -2.24. The highest BCUT2D eigenvalue weighted by Crippen LogP contribution is 2.38. The van der Waals surface area contributed by atoms with E-state index in [2.05, 4.69) is 6.92 Å². The summed E-state index contributed by atoms with van der Waals surface area (Å²) in [5, 5.41) is 8.99. The maximum atomic E-state index is 11.0. The minimum Gasteiger partial charge on any atom is -0.480 e. The Kier molecular flexibility index (Phi) is 3.89. The van der Waals surface area contributed by atoms with Gasteiger partial charge in [0.05, 0.1) is 6.61 Å². The van der Waals surface area contributed by atoms with Gasteiger partial charge in [0.25, 0.3) is 0 Å². The van der Waals surface area contributed by atoms with Crippen molar-refractivity contribution in [2.75, 3.05) is 13.2 Å². The molecule has 1 unspecified atom stereocenters. The van der Waals surface area contributed by atoms with E-state index in [0.29, 0.717) is 6.61 Å². The summed E-state index contributed by atoms with van der Waals surface area (Å²) in [6, 6.07) is 0. The Morgan fingerprint density at radius 3 is 2.71 bits per heavy atom. The van der Waals surface area contributed by atoms with Gasteiger partial charge in [-0.2, -0.15) is 0 Å². The molecule has 3 N–H and O–H groups in total. The minimum absolute atomic E-state index is 0.113. The fourth-order valence-corrected chi connectivity index (χ4v) is 1.44. The van der Waals surface area contributed by atoms with Crippen molar-refractivity contribution in [3.05, 3.63) is 0 Å². The van der Waals surface area contributed by atoms with E-state index in [-0.39, 0.29) is 12.5 Å². The summed E-state index contributed by atoms with van der Waals surface area (Å²) in [6.45, 7) is 2.82. The van der Waals surface area contributed by atoms with Crippen LogP contribution in [-0.4, -0.2) is 29.8 Å². The third-order valence-corrected chi connectivity index (χ3v) is 2.69. The fraction of sp³-hybridized carbons (Fsp3) is 0.900. The van der Waals surface area contributed by atoms with Crippen LogP contribution in [-0.2, 0) is 9.53 Å². The molecule has 0 radical (unpaired) electrons. The predicted molar refractivity (Wildman–Crippen MR) is 53.0 cm³/mol. The molecular weight excluding hydrogens is 182 g/mol. The second-order valence-corrected chi connectivity index (χ2v) is 4.03. The Morgan fingerprint density at radius 1 is 1.64 bits per heavy atom. The van der Waals surface area contributed by atoms with Gasteiger partial charge in [-0.05, 0) is 25.2 Å². The molecule has 1 fully saturated rings. The van der Waals surface area contributed by atoms with E-state index in [1.807, 2.05) is 0 Å². The van der Waals surface area contributed by atoms with E-state index in [1.54, 1.807) is 0 Å². The lowest BCUT2D eigenvalue weighted by molar-refractivity contribution is -0.147. The van der Waals surface area contributed by atoms with Crippen molar-refractivity contribution in [1.82, 2.24) is 0 Å². The maximum absolute atomic E-state index is 11.0. The second-order valence-electron chi connectivity index (χ2n) is 4.03. The van der Waals surface area contributed by atoms with Crippen molar-refractivity contribution < 1.29 is 14.6 Å². The molecule has 1 atom stereocenters. The number of unbranched alkanes of at least 4 members (excludes halogenated alkanes) is 1. The van der Waals surface area contributed by atoms with Gasteiger partial charge >= 0.3 is 5.97 Å². The van der Waals surface area contributed by atoms with Crippen molar-refractivity contribution in [2.45, 2.75) is 38.1 Å². The van der Waals surface area contributed by atoms with E-state index in [4.69, 9.17) is 15.6 Å². The Balaban J connectivity index is 2.32. The Hall–Kier alpha value is -0.610. The average molecular weight is 201 g/mol. The maximum Gasteiger partial charge on any atom is 0.326 e. The molecule has 0 heterocycles. The fourth-order valence-electron chi connectivity index (χ4n) is 1.44. The lowest BCUT2D eigenvalue weighted by Crippen LogP contribution is -2.54. The number of aliphatic carboxylic acids is 1. The van der Waals surface area contributed by atoms with Crippen molar-refractivity contribution >= 4 is 5.97 Å². The van der Waals surface area contributed by atoms with Crippen LogP contribution in [0.1, 0.15) is 32.6 Å². The van der Waals surface area contributed by atoms with Crippen LogP contribution in [0.5, 0.6) is 0 Å². The third kappa shape index (κ3) is 2.69. The van der Waals surface area contributed by atoms with Crippen LogP contribution in [0.15, 0.2) is 0 Å². The predicted octanol–water partition coefficient (Wildman–Crippen LogP) is 0.995. The van der Waals surface area contributed by atoms with Gasteiger partial charge in [0.1, 0.15) is 5.54 Å². The standard InChI is InChI=1S/C10H19NO3/c1-2-3-6-14-7-10(11,9(12)13)8-4-5-8/h8H,2-7,11H2,1H3,(H,12,13). The first-order valence-electron chi connectivity index (χ1n) is 5.21. The van der Waals surface area contributed by atoms with Crippen molar-refractivity contribution in [3.8, 4) is 0 Å². The van der Waals surface area contributed by atoms with E-state index < -0.39 is 11.5 Å². The molecule has 0 spiro atoms. The first-order chi connectivity index (χ1) is 6.61. The molecule has 0 saturated heterocycles. The Morgan fingerprint density at radius 2 is 2.29 bits per heavy atom. The van der Waals surface area contributed by atoms with Gasteiger partial charge in [-0.15, -0.1) is 0 Å². The van der Waals surface area contributed by atoms with E-state index in [9.17, 15) is 4.79 Å². The van der Waals surface area contributed by atoms with Gasteiger partial charge in [0, 0.05) is 6.61 Å². The van der Waals surface area contributed by atoms with Crippen LogP contribution in [0.3, 0.4) is 0 Å². The van der Waals surface area contributed by atoms with Crippen LogP contribution in [0.25, 0.3) is 0 Å². The summed E-state index contributed by atoms with van der Waals surface area (Å²) in [5.74, 6) is -0.821. The number of carbonyl (C=O) groups is 1. The van der Waals surface area contributed by atoms with Gasteiger partial charge < -0.3 is 15.6 Å². The number of ether oxygens (including phenoxy) is 1. The number of hydrogen-bond acceptors (Lipinski definition) is 3. The summed E-state index contributed by atoms with van der Waals surface area (Å²) in [5.41, 5.74) is 4.66. The normalized spacial score (nSPS) is 20.4. The van der Waals surface area contributed by atoms with Gasteiger partial charge in [-0.25, -0.2) is 0 Å². The summed E-state index contributed by atoms with van der Waals surface area (Å²) in [7, 11) is 0. The van der Waals surface area contributed by atoms with Crippen LogP contribution < -0.4 is 5.73 Å². The van der Waals surface area contributed by atoms with Crippen LogP contribution in [0.4, 0.5) is 0 Å². The number of carboxylic acid groups (broad SMARTS) is 1. The smallest absolute Gasteiger partial charge is 0.326 e. The average Bonchev–Trinajstić information content (AvgIpc) is 2.95. The molecular formula is C10H19NO3. The molecule has 0 aromatic carbocycles. The quantitative estimate of drug-likeness (QED) is 0.603. The molecule has 14 heavy (non-hydrogen) atoms. The number of rotatable bonds is 7. The summed E-state index contributed by atoms with van der Waals surface area (Å²) < 4.78 is 5.30. The zero-order chi connectivity index (χ0) is 10.6. The van der Waals surface area contributed by atoms with Crippen LogP contribution in [0.2, 0.25) is 0 Å². The van der Waals surface area contributed by atoms with Crippen LogP contribution >= 0.6 is 0 Å². The van der Waals surface area contributed by atoms with Gasteiger partial charge in [0.15, 0.2) is 0 Å². The highest BCUT2D eigenvalue weighted by atomic mass is 16.5. The second kappa shape index (κ2) is 4.75. The monoisotopic (exact) mass is 201 g/mol. The topological polar surface area (TPSA) is 72.5 Å². The van der Waals surface area contributed by atoms with Gasteiger partial charge in [-0.3, -0.25) is 4.79 Å². The van der Waals surface area contributed by atoms with E-state index in [0.717, 1.165) is 25.7 Å². The molecule has 1 rings (SSSR count). The van der Waals surface area contributed by atoms with Crippen molar-refractivity contribution in [2.24, 2.45) is 11.7 Å². The van der Waals surface area contributed by atoms with Gasteiger partial charge in [-0.1, -0.05) is 13.3 Å². The van der Waals surface area contributed by atoms with E-state index in [1.165, 1.54) is 0 Å². The molecule has 1 aliphatic carbocycles. The molecule has 1 saturated carbocycles. The molecule has 4 nitrogen and oxygen atoms in total. The Labute approximate surface area is 84.4 Å². The Bertz CT molecular complexity index is 204. The summed E-state index contributed by atoms with van der Waals surface area (Å²) in [4.78, 5) is 11.0. The number of nitrogens with two attached hydrogens (primary N) is 1. The SMILES string of the molecule is CCCCOCC(N)(C(=O)O)C1CC1. The number of hydrogen-bond donors (Lipinski definition) is 2. The molecule has 4 heteroatoms. The highest BCUT2D eigenvalue weighted by Gasteiger charge is 2.48. The van der Waals surface area contributed by atoms with Crippen molar-refractivity contribution in [3.63, 3.8) is 0 Å². The molecule has 0 amide bonds. The first-order valence-corrected chi connectivity index (χ1v) is 5.21. The zero-order valence-corrected chi connectivity index (χ0v) is 8.66. The molecule has 0 aromatic heterocycles. The lowest BCUT2D eigenvalue weighted by atomic mass is 9.96.